The van der Waals surface area contributed by atoms with Gasteiger partial charge in [0.2, 0.25) is 0 Å². The Morgan fingerprint density at radius 1 is 0.431 bits per heavy atom. The molecule has 0 aliphatic carbocycles. The molecule has 3 heterocycles. The molecule has 9 aromatic rings. The van der Waals surface area contributed by atoms with Crippen LogP contribution in [-0.2, 0) is 0 Å². The summed E-state index contributed by atoms with van der Waals surface area (Å²) in [6.07, 6.45) is 1.83. The van der Waals surface area contributed by atoms with Crippen molar-refractivity contribution >= 4 is 21.8 Å². The second-order valence-corrected chi connectivity index (χ2v) is 12.9. The summed E-state index contributed by atoms with van der Waals surface area (Å²) in [5.74, 6) is 1.83. The average Bonchev–Trinajstić information content (AvgIpc) is 3.52. The summed E-state index contributed by atoms with van der Waals surface area (Å²) in [5, 5.41) is 2.37. The Morgan fingerprint density at radius 3 is 1.78 bits per heavy atom. The van der Waals surface area contributed by atoms with Gasteiger partial charge < -0.3 is 4.57 Å². The van der Waals surface area contributed by atoms with E-state index in [-0.39, 0.29) is 0 Å². The summed E-state index contributed by atoms with van der Waals surface area (Å²) in [6, 6.07) is 54.8. The van der Waals surface area contributed by atoms with Crippen LogP contribution < -0.4 is 0 Å². The van der Waals surface area contributed by atoms with E-state index in [2.05, 4.69) is 97.3 Å². The summed E-state index contributed by atoms with van der Waals surface area (Å²) in [7, 11) is 0. The number of fused-ring (bicyclic) bond motifs is 3. The van der Waals surface area contributed by atoms with E-state index in [1.807, 2.05) is 85.1 Å². The minimum atomic E-state index is 0.591. The molecule has 0 spiro atoms. The van der Waals surface area contributed by atoms with Crippen molar-refractivity contribution in [2.45, 2.75) is 13.8 Å². The van der Waals surface area contributed by atoms with Crippen LogP contribution in [0.25, 0.3) is 84.0 Å². The minimum Gasteiger partial charge on any atom is -0.309 e. The molecule has 0 aliphatic heterocycles. The van der Waals surface area contributed by atoms with Gasteiger partial charge in [-0.1, -0.05) is 121 Å². The second kappa shape index (κ2) is 12.6. The zero-order chi connectivity index (χ0) is 34.3. The number of pyridine rings is 1. The third-order valence-corrected chi connectivity index (χ3v) is 9.50. The molecule has 0 N–H and O–H groups in total. The number of nitrogens with zero attached hydrogens (tertiary/aromatic N) is 5. The number of hydrogen-bond donors (Lipinski definition) is 0. The van der Waals surface area contributed by atoms with E-state index in [9.17, 15) is 0 Å². The van der Waals surface area contributed by atoms with Crippen molar-refractivity contribution < 1.29 is 0 Å². The molecule has 5 heteroatoms. The van der Waals surface area contributed by atoms with Crippen LogP contribution in [0.5, 0.6) is 0 Å². The molecule has 6 aromatic carbocycles. The van der Waals surface area contributed by atoms with Crippen molar-refractivity contribution in [1.82, 2.24) is 24.5 Å². The molecule has 0 atom stereocenters. The molecule has 51 heavy (non-hydrogen) atoms. The van der Waals surface area contributed by atoms with Crippen molar-refractivity contribution in [2.24, 2.45) is 0 Å². The van der Waals surface area contributed by atoms with Gasteiger partial charge in [-0.15, -0.1) is 0 Å². The fourth-order valence-electron chi connectivity index (χ4n) is 7.07. The highest BCUT2D eigenvalue weighted by Gasteiger charge is 2.21. The highest BCUT2D eigenvalue weighted by Crippen LogP contribution is 2.39. The van der Waals surface area contributed by atoms with Gasteiger partial charge in [-0.25, -0.2) is 15.0 Å². The van der Waals surface area contributed by atoms with Gasteiger partial charge in [-0.3, -0.25) is 4.98 Å². The molecule has 242 valence electrons. The molecule has 5 nitrogen and oxygen atoms in total. The monoisotopic (exact) mass is 655 g/mol. The van der Waals surface area contributed by atoms with Gasteiger partial charge in [0.15, 0.2) is 17.5 Å². The van der Waals surface area contributed by atoms with Crippen molar-refractivity contribution in [3.8, 4) is 62.2 Å². The van der Waals surface area contributed by atoms with Crippen LogP contribution in [0.4, 0.5) is 0 Å². The highest BCUT2D eigenvalue weighted by atomic mass is 15.1. The van der Waals surface area contributed by atoms with E-state index < -0.39 is 0 Å². The maximum Gasteiger partial charge on any atom is 0.166 e. The molecule has 0 bridgehead atoms. The third-order valence-electron chi connectivity index (χ3n) is 9.50. The maximum atomic E-state index is 5.18. The lowest BCUT2D eigenvalue weighted by molar-refractivity contribution is 1.06. The Labute approximate surface area is 296 Å². The lowest BCUT2D eigenvalue weighted by Gasteiger charge is -2.16. The molecule has 0 saturated carbocycles. The van der Waals surface area contributed by atoms with Gasteiger partial charge in [-0.05, 0) is 73.0 Å². The normalized spacial score (nSPS) is 11.3. The van der Waals surface area contributed by atoms with E-state index >= 15 is 0 Å². The fraction of sp³-hybridized carbons (Fsp3) is 0.0435. The standard InChI is InChI=1S/C46H33N5/c1-30-20-23-36(31(2)27-30)34-21-24-42-38(28-34)37-17-9-10-19-41(37)51(42)43-25-22-35(40-18-11-12-26-47-40)29-39(43)46-49-44(32-13-5-3-6-14-32)48-45(50-46)33-15-7-4-8-16-33/h3-29H,1-2H3. The van der Waals surface area contributed by atoms with Crippen molar-refractivity contribution in [3.63, 3.8) is 0 Å². The van der Waals surface area contributed by atoms with Crippen LogP contribution in [0.1, 0.15) is 11.1 Å². The van der Waals surface area contributed by atoms with E-state index in [1.165, 1.54) is 33.0 Å². The first-order chi connectivity index (χ1) is 25.1. The summed E-state index contributed by atoms with van der Waals surface area (Å²) in [5.41, 5.74) is 12.8. The zero-order valence-electron chi connectivity index (χ0n) is 28.3. The van der Waals surface area contributed by atoms with Crippen LogP contribution in [0.2, 0.25) is 0 Å². The highest BCUT2D eigenvalue weighted by molar-refractivity contribution is 6.11. The lowest BCUT2D eigenvalue weighted by atomic mass is 9.97. The number of rotatable bonds is 6. The smallest absolute Gasteiger partial charge is 0.166 e. The topological polar surface area (TPSA) is 56.5 Å². The van der Waals surface area contributed by atoms with Crippen LogP contribution in [-0.4, -0.2) is 24.5 Å². The van der Waals surface area contributed by atoms with Crippen LogP contribution in [0.3, 0.4) is 0 Å². The molecule has 9 rings (SSSR count). The SMILES string of the molecule is Cc1ccc(-c2ccc3c(c2)c2ccccc2n3-c2ccc(-c3ccccn3)cc2-c2nc(-c3ccccc3)nc(-c3ccccc3)n2)c(C)c1. The molecular formula is C46H33N5. The molecule has 0 fully saturated rings. The number of aryl methyl sites for hydroxylation is 2. The first-order valence-electron chi connectivity index (χ1n) is 17.1. The quantitative estimate of drug-likeness (QED) is 0.179. The third kappa shape index (κ3) is 5.55. The van der Waals surface area contributed by atoms with E-state index in [0.29, 0.717) is 17.5 Å². The Balaban J connectivity index is 1.33. The predicted molar refractivity (Wildman–Crippen MR) is 209 cm³/mol. The largest absolute Gasteiger partial charge is 0.309 e. The summed E-state index contributed by atoms with van der Waals surface area (Å²) in [6.45, 7) is 4.33. The molecule has 0 unspecified atom stereocenters. The molecule has 0 saturated heterocycles. The van der Waals surface area contributed by atoms with Gasteiger partial charge in [0.25, 0.3) is 0 Å². The predicted octanol–water partition coefficient (Wildman–Crippen LogP) is 11.3. The van der Waals surface area contributed by atoms with Crippen LogP contribution in [0, 0.1) is 13.8 Å². The summed E-state index contributed by atoms with van der Waals surface area (Å²) >= 11 is 0. The van der Waals surface area contributed by atoms with Crippen molar-refractivity contribution in [1.29, 1.82) is 0 Å². The second-order valence-electron chi connectivity index (χ2n) is 12.9. The van der Waals surface area contributed by atoms with Gasteiger partial charge in [0.1, 0.15) is 0 Å². The summed E-state index contributed by atoms with van der Waals surface area (Å²) < 4.78 is 2.35. The minimum absolute atomic E-state index is 0.591. The van der Waals surface area contributed by atoms with E-state index in [4.69, 9.17) is 19.9 Å². The number of aromatic nitrogens is 5. The maximum absolute atomic E-state index is 5.18. The number of benzene rings is 6. The first-order valence-corrected chi connectivity index (χ1v) is 17.1. The molecule has 3 aromatic heterocycles. The van der Waals surface area contributed by atoms with Crippen LogP contribution >= 0.6 is 0 Å². The summed E-state index contributed by atoms with van der Waals surface area (Å²) in [4.78, 5) is 20.0. The van der Waals surface area contributed by atoms with Gasteiger partial charge >= 0.3 is 0 Å². The van der Waals surface area contributed by atoms with Crippen LogP contribution in [0.15, 0.2) is 164 Å². The molecule has 0 amide bonds. The number of hydrogen-bond acceptors (Lipinski definition) is 4. The fourth-order valence-corrected chi connectivity index (χ4v) is 7.07. The van der Waals surface area contributed by atoms with Gasteiger partial charge in [0.05, 0.1) is 22.4 Å². The Morgan fingerprint density at radius 2 is 1.08 bits per heavy atom. The zero-order valence-corrected chi connectivity index (χ0v) is 28.3. The molecule has 0 aliphatic rings. The number of para-hydroxylation sites is 1. The Kier molecular flexibility index (Phi) is 7.51. The Hall–Kier alpha value is -6.72. The first kappa shape index (κ1) is 30.3. The lowest BCUT2D eigenvalue weighted by Crippen LogP contribution is -2.04. The van der Waals surface area contributed by atoms with Crippen molar-refractivity contribution in [2.75, 3.05) is 0 Å². The van der Waals surface area contributed by atoms with Gasteiger partial charge in [-0.2, -0.15) is 0 Å². The molecular weight excluding hydrogens is 623 g/mol. The van der Waals surface area contributed by atoms with Gasteiger partial charge in [0, 0.05) is 39.2 Å². The van der Waals surface area contributed by atoms with Crippen molar-refractivity contribution in [3.05, 3.63) is 175 Å². The van der Waals surface area contributed by atoms with E-state index in [0.717, 1.165) is 44.7 Å². The molecule has 0 radical (unpaired) electrons. The average molecular weight is 656 g/mol. The Bertz CT molecular complexity index is 2640. The van der Waals surface area contributed by atoms with E-state index in [1.54, 1.807) is 0 Å².